The van der Waals surface area contributed by atoms with Crippen molar-refractivity contribution in [2.24, 2.45) is 0 Å². The Bertz CT molecular complexity index is 684. The van der Waals surface area contributed by atoms with Gasteiger partial charge in [0.05, 0.1) is 18.8 Å². The van der Waals surface area contributed by atoms with Crippen LogP contribution in [0.1, 0.15) is 18.4 Å². The molecule has 0 bridgehead atoms. The predicted molar refractivity (Wildman–Crippen MR) is 95.8 cm³/mol. The third-order valence-electron chi connectivity index (χ3n) is 4.20. The van der Waals surface area contributed by atoms with Crippen LogP contribution in [0, 0.1) is 5.82 Å². The first-order chi connectivity index (χ1) is 11.7. The van der Waals surface area contributed by atoms with Crippen LogP contribution in [0.15, 0.2) is 53.4 Å². The Morgan fingerprint density at radius 3 is 2.50 bits per heavy atom. The fourth-order valence-electron chi connectivity index (χ4n) is 2.95. The fraction of sp³-hybridized carbons (Fsp3) is 0.316. The third-order valence-corrected chi connectivity index (χ3v) is 5.25. The molecule has 0 aliphatic carbocycles. The Kier molecular flexibility index (Phi) is 5.88. The maximum Gasteiger partial charge on any atom is 0.234 e. The molecule has 0 unspecified atom stereocenters. The summed E-state index contributed by atoms with van der Waals surface area (Å²) in [5.74, 6) is -0.217. The Morgan fingerprint density at radius 2 is 1.79 bits per heavy atom. The van der Waals surface area contributed by atoms with Gasteiger partial charge in [-0.25, -0.2) is 4.39 Å². The van der Waals surface area contributed by atoms with E-state index in [1.165, 1.54) is 49.3 Å². The lowest BCUT2D eigenvalue weighted by molar-refractivity contribution is -0.901. The smallest absolute Gasteiger partial charge is 0.234 e. The molecule has 2 N–H and O–H groups in total. The number of anilines is 1. The molecule has 0 spiro atoms. The molecular formula is C19H22FN2OS+. The molecule has 24 heavy (non-hydrogen) atoms. The van der Waals surface area contributed by atoms with Gasteiger partial charge in [0.15, 0.2) is 0 Å². The van der Waals surface area contributed by atoms with E-state index in [2.05, 4.69) is 17.4 Å². The van der Waals surface area contributed by atoms with Crippen molar-refractivity contribution in [1.29, 1.82) is 0 Å². The highest BCUT2D eigenvalue weighted by Gasteiger charge is 2.15. The van der Waals surface area contributed by atoms with E-state index in [0.29, 0.717) is 4.90 Å². The molecule has 126 valence electrons. The molecule has 0 atom stereocenters. The summed E-state index contributed by atoms with van der Waals surface area (Å²) in [6.45, 7) is 3.56. The van der Waals surface area contributed by atoms with Crippen LogP contribution >= 0.6 is 11.8 Å². The van der Waals surface area contributed by atoms with Gasteiger partial charge in [-0.1, -0.05) is 24.3 Å². The zero-order valence-electron chi connectivity index (χ0n) is 13.6. The molecule has 1 heterocycles. The van der Waals surface area contributed by atoms with E-state index in [0.717, 1.165) is 12.2 Å². The summed E-state index contributed by atoms with van der Waals surface area (Å²) < 4.78 is 13.5. The summed E-state index contributed by atoms with van der Waals surface area (Å²) in [5, 5.41) is 2.86. The van der Waals surface area contributed by atoms with Crippen LogP contribution in [0.4, 0.5) is 10.1 Å². The minimum absolute atomic E-state index is 0.124. The highest BCUT2D eigenvalue weighted by Crippen LogP contribution is 2.21. The summed E-state index contributed by atoms with van der Waals surface area (Å²) in [4.78, 5) is 14.1. The molecule has 2 aromatic rings. The predicted octanol–water partition coefficient (Wildman–Crippen LogP) is 2.74. The van der Waals surface area contributed by atoms with Gasteiger partial charge in [-0.3, -0.25) is 4.79 Å². The van der Waals surface area contributed by atoms with Crippen LogP contribution in [0.5, 0.6) is 0 Å². The van der Waals surface area contributed by atoms with E-state index in [1.54, 1.807) is 23.1 Å². The second kappa shape index (κ2) is 8.31. The number of carbonyl (C=O) groups is 1. The molecular weight excluding hydrogens is 323 g/mol. The maximum absolute atomic E-state index is 13.5. The van der Waals surface area contributed by atoms with Crippen LogP contribution in [-0.2, 0) is 11.3 Å². The number of carbonyl (C=O) groups excluding carboxylic acids is 1. The van der Waals surface area contributed by atoms with E-state index in [9.17, 15) is 9.18 Å². The molecule has 0 aromatic heterocycles. The average molecular weight is 345 g/mol. The number of hydrogen-bond donors (Lipinski definition) is 2. The lowest BCUT2D eigenvalue weighted by Crippen LogP contribution is -3.08. The summed E-state index contributed by atoms with van der Waals surface area (Å²) in [7, 11) is 0. The topological polar surface area (TPSA) is 33.5 Å². The van der Waals surface area contributed by atoms with Gasteiger partial charge in [-0.15, -0.1) is 11.8 Å². The summed E-state index contributed by atoms with van der Waals surface area (Å²) in [6.07, 6.45) is 2.65. The van der Waals surface area contributed by atoms with Gasteiger partial charge in [0, 0.05) is 29.0 Å². The number of thioether (sulfide) groups is 1. The normalized spacial score (nSPS) is 14.7. The van der Waals surface area contributed by atoms with Crippen LogP contribution in [0.25, 0.3) is 0 Å². The zero-order valence-corrected chi connectivity index (χ0v) is 14.4. The van der Waals surface area contributed by atoms with Crippen LogP contribution < -0.4 is 10.2 Å². The summed E-state index contributed by atoms with van der Waals surface area (Å²) >= 11 is 1.21. The molecule has 0 radical (unpaired) electrons. The van der Waals surface area contributed by atoms with Crippen molar-refractivity contribution in [2.75, 3.05) is 24.2 Å². The molecule has 1 aliphatic heterocycles. The zero-order chi connectivity index (χ0) is 16.8. The second-order valence-corrected chi connectivity index (χ2v) is 7.12. The number of benzene rings is 2. The third kappa shape index (κ3) is 4.82. The second-order valence-electron chi connectivity index (χ2n) is 6.10. The molecule has 3 rings (SSSR count). The SMILES string of the molecule is O=C(CSc1ccccc1F)Nc1ccc(C[NH+]2CCCC2)cc1. The largest absolute Gasteiger partial charge is 0.331 e. The average Bonchev–Trinajstić information content (AvgIpc) is 3.09. The van der Waals surface area contributed by atoms with Gasteiger partial charge < -0.3 is 10.2 Å². The van der Waals surface area contributed by atoms with Gasteiger partial charge in [0.1, 0.15) is 12.4 Å². The number of hydrogen-bond acceptors (Lipinski definition) is 2. The first kappa shape index (κ1) is 17.0. The summed E-state index contributed by atoms with van der Waals surface area (Å²) in [5.41, 5.74) is 2.08. The van der Waals surface area contributed by atoms with Crippen molar-refractivity contribution in [3.05, 3.63) is 59.9 Å². The molecule has 1 saturated heterocycles. The minimum atomic E-state index is -0.288. The Morgan fingerprint density at radius 1 is 1.08 bits per heavy atom. The molecule has 1 amide bonds. The number of halogens is 1. The number of amides is 1. The lowest BCUT2D eigenvalue weighted by Gasteiger charge is -2.12. The van der Waals surface area contributed by atoms with Crippen molar-refractivity contribution in [1.82, 2.24) is 0 Å². The molecule has 1 fully saturated rings. The Labute approximate surface area is 146 Å². The lowest BCUT2D eigenvalue weighted by atomic mass is 10.2. The molecule has 3 nitrogen and oxygen atoms in total. The van der Waals surface area contributed by atoms with E-state index in [-0.39, 0.29) is 17.5 Å². The first-order valence-electron chi connectivity index (χ1n) is 8.30. The quantitative estimate of drug-likeness (QED) is 0.790. The minimum Gasteiger partial charge on any atom is -0.331 e. The van der Waals surface area contributed by atoms with E-state index in [1.807, 2.05) is 12.1 Å². The van der Waals surface area contributed by atoms with Crippen molar-refractivity contribution >= 4 is 23.4 Å². The molecule has 1 aliphatic rings. The first-order valence-corrected chi connectivity index (χ1v) is 9.29. The van der Waals surface area contributed by atoms with Gasteiger partial charge in [-0.2, -0.15) is 0 Å². The van der Waals surface area contributed by atoms with E-state index < -0.39 is 0 Å². The van der Waals surface area contributed by atoms with Gasteiger partial charge in [0.2, 0.25) is 5.91 Å². The standard InChI is InChI=1S/C19H21FN2OS/c20-17-5-1-2-6-18(17)24-14-19(23)21-16-9-7-15(8-10-16)13-22-11-3-4-12-22/h1-2,5-10H,3-4,11-14H2,(H,21,23)/p+1. The van der Waals surface area contributed by atoms with Crippen LogP contribution in [-0.4, -0.2) is 24.7 Å². The number of quaternary nitrogens is 1. The van der Waals surface area contributed by atoms with Crippen molar-refractivity contribution < 1.29 is 14.1 Å². The Hall–Kier alpha value is -1.85. The molecule has 2 aromatic carbocycles. The van der Waals surface area contributed by atoms with Crippen molar-refractivity contribution in [2.45, 2.75) is 24.3 Å². The Balaban J connectivity index is 1.48. The number of rotatable bonds is 6. The highest BCUT2D eigenvalue weighted by molar-refractivity contribution is 8.00. The molecule has 0 saturated carbocycles. The van der Waals surface area contributed by atoms with Crippen molar-refractivity contribution in [3.63, 3.8) is 0 Å². The van der Waals surface area contributed by atoms with Gasteiger partial charge >= 0.3 is 0 Å². The van der Waals surface area contributed by atoms with Crippen LogP contribution in [0.2, 0.25) is 0 Å². The number of nitrogens with one attached hydrogen (secondary N) is 2. The fourth-order valence-corrected chi connectivity index (χ4v) is 3.69. The van der Waals surface area contributed by atoms with Gasteiger partial charge in [-0.05, 0) is 24.3 Å². The maximum atomic E-state index is 13.5. The van der Waals surface area contributed by atoms with E-state index in [4.69, 9.17) is 0 Å². The van der Waals surface area contributed by atoms with E-state index >= 15 is 0 Å². The number of likely N-dealkylation sites (tertiary alicyclic amines) is 1. The summed E-state index contributed by atoms with van der Waals surface area (Å²) in [6, 6.07) is 14.5. The van der Waals surface area contributed by atoms with Crippen molar-refractivity contribution in [3.8, 4) is 0 Å². The van der Waals surface area contributed by atoms with Crippen LogP contribution in [0.3, 0.4) is 0 Å². The van der Waals surface area contributed by atoms with Gasteiger partial charge in [0.25, 0.3) is 0 Å². The monoisotopic (exact) mass is 345 g/mol. The highest BCUT2D eigenvalue weighted by atomic mass is 32.2. The molecule has 5 heteroatoms.